The molecule has 0 heterocycles. The molecule has 0 bridgehead atoms. The molecule has 0 radical (unpaired) electrons. The summed E-state index contributed by atoms with van der Waals surface area (Å²) in [4.78, 5) is 46.7. The minimum absolute atomic E-state index is 0.0704. The van der Waals surface area contributed by atoms with Gasteiger partial charge in [0.15, 0.2) is 12.4 Å². The van der Waals surface area contributed by atoms with Crippen LogP contribution < -0.4 is 10.6 Å². The quantitative estimate of drug-likeness (QED) is 0.540. The summed E-state index contributed by atoms with van der Waals surface area (Å²) in [6, 6.07) is 14.9. The number of hydrogen-bond donors (Lipinski definition) is 2. The van der Waals surface area contributed by atoms with Crippen LogP contribution in [0.15, 0.2) is 54.6 Å². The Kier molecular flexibility index (Phi) is 7.45. The maximum Gasteiger partial charge on any atom is 0.308 e. The number of ether oxygens (including phenoxy) is 1. The normalized spacial score (nSPS) is 11.2. The number of ketones is 1. The van der Waals surface area contributed by atoms with Gasteiger partial charge in [-0.15, -0.1) is 0 Å². The summed E-state index contributed by atoms with van der Waals surface area (Å²) in [5.41, 5.74) is 1.80. The number of nitrogens with one attached hydrogen (secondary N) is 2. The Labute approximate surface area is 163 Å². The number of carbonyl (C=O) groups is 4. The Balaban J connectivity index is 1.86. The summed E-state index contributed by atoms with van der Waals surface area (Å²) in [6.07, 6.45) is -0.0931. The second-order valence-electron chi connectivity index (χ2n) is 6.21. The van der Waals surface area contributed by atoms with Gasteiger partial charge in [-0.25, -0.2) is 0 Å². The van der Waals surface area contributed by atoms with E-state index in [-0.39, 0.29) is 18.1 Å². The molecule has 0 saturated heterocycles. The minimum Gasteiger partial charge on any atom is -0.455 e. The molecule has 0 unspecified atom stereocenters. The number of benzene rings is 2. The summed E-state index contributed by atoms with van der Waals surface area (Å²) in [5.74, 6) is -1.45. The summed E-state index contributed by atoms with van der Waals surface area (Å²) in [6.45, 7) is 2.37. The van der Waals surface area contributed by atoms with E-state index in [9.17, 15) is 19.2 Å². The van der Waals surface area contributed by atoms with Crippen molar-refractivity contribution in [3.8, 4) is 0 Å². The van der Waals surface area contributed by atoms with Crippen molar-refractivity contribution in [1.29, 1.82) is 0 Å². The summed E-state index contributed by atoms with van der Waals surface area (Å²) >= 11 is 0. The van der Waals surface area contributed by atoms with E-state index in [1.54, 1.807) is 48.5 Å². The van der Waals surface area contributed by atoms with E-state index in [0.717, 1.165) is 5.56 Å². The fourth-order valence-corrected chi connectivity index (χ4v) is 2.54. The first-order chi connectivity index (χ1) is 13.3. The van der Waals surface area contributed by atoms with Gasteiger partial charge in [0.05, 0.1) is 12.5 Å². The van der Waals surface area contributed by atoms with E-state index in [1.807, 2.05) is 6.07 Å². The van der Waals surface area contributed by atoms with Crippen LogP contribution in [0.4, 0.5) is 5.69 Å². The van der Waals surface area contributed by atoms with Crippen molar-refractivity contribution in [3.05, 3.63) is 65.7 Å². The van der Waals surface area contributed by atoms with Gasteiger partial charge >= 0.3 is 5.97 Å². The SMILES string of the molecule is CC(=O)N[C@@H](CC(=O)OCC(=O)Nc1ccc(C(C)=O)cc1)c1ccccc1. The predicted molar refractivity (Wildman–Crippen MR) is 104 cm³/mol. The average molecular weight is 382 g/mol. The summed E-state index contributed by atoms with van der Waals surface area (Å²) < 4.78 is 5.02. The third-order valence-corrected chi connectivity index (χ3v) is 3.89. The Bertz CT molecular complexity index is 847. The molecule has 0 aliphatic rings. The highest BCUT2D eigenvalue weighted by Crippen LogP contribution is 2.17. The van der Waals surface area contributed by atoms with Gasteiger partial charge < -0.3 is 15.4 Å². The van der Waals surface area contributed by atoms with Gasteiger partial charge in [0, 0.05) is 18.2 Å². The van der Waals surface area contributed by atoms with E-state index >= 15 is 0 Å². The lowest BCUT2D eigenvalue weighted by atomic mass is 10.0. The number of esters is 1. The molecule has 2 rings (SSSR count). The molecule has 2 amide bonds. The molecule has 146 valence electrons. The summed E-state index contributed by atoms with van der Waals surface area (Å²) in [7, 11) is 0. The first-order valence-electron chi connectivity index (χ1n) is 8.73. The predicted octanol–water partition coefficient (Wildman–Crippen LogP) is 2.64. The van der Waals surface area contributed by atoms with Crippen molar-refractivity contribution in [2.24, 2.45) is 0 Å². The third kappa shape index (κ3) is 6.68. The largest absolute Gasteiger partial charge is 0.455 e. The fraction of sp³-hybridized carbons (Fsp3) is 0.238. The lowest BCUT2D eigenvalue weighted by Crippen LogP contribution is -2.29. The van der Waals surface area contributed by atoms with Gasteiger partial charge in [0.1, 0.15) is 0 Å². The van der Waals surface area contributed by atoms with Crippen molar-refractivity contribution in [3.63, 3.8) is 0 Å². The van der Waals surface area contributed by atoms with Crippen LogP contribution in [0.25, 0.3) is 0 Å². The molecule has 2 N–H and O–H groups in total. The molecule has 7 nitrogen and oxygen atoms in total. The Morgan fingerprint density at radius 3 is 2.14 bits per heavy atom. The van der Waals surface area contributed by atoms with E-state index in [1.165, 1.54) is 13.8 Å². The molecule has 0 saturated carbocycles. The van der Waals surface area contributed by atoms with Crippen LogP contribution >= 0.6 is 0 Å². The number of carbonyl (C=O) groups excluding carboxylic acids is 4. The van der Waals surface area contributed by atoms with Gasteiger partial charge in [-0.1, -0.05) is 30.3 Å². The van der Waals surface area contributed by atoms with Crippen molar-refractivity contribution >= 4 is 29.3 Å². The maximum atomic E-state index is 12.1. The third-order valence-electron chi connectivity index (χ3n) is 3.89. The van der Waals surface area contributed by atoms with Crippen molar-refractivity contribution < 1.29 is 23.9 Å². The van der Waals surface area contributed by atoms with Crippen LogP contribution in [-0.4, -0.2) is 30.2 Å². The number of rotatable bonds is 8. The molecule has 7 heteroatoms. The van der Waals surface area contributed by atoms with E-state index < -0.39 is 24.5 Å². The van der Waals surface area contributed by atoms with Crippen LogP contribution in [-0.2, 0) is 19.1 Å². The Morgan fingerprint density at radius 2 is 1.57 bits per heavy atom. The van der Waals surface area contributed by atoms with Crippen LogP contribution in [0.3, 0.4) is 0 Å². The number of anilines is 1. The highest BCUT2D eigenvalue weighted by Gasteiger charge is 2.18. The number of Topliss-reactive ketones (excluding diaryl/α,β-unsaturated/α-hetero) is 1. The summed E-state index contributed by atoms with van der Waals surface area (Å²) in [5, 5.41) is 5.28. The first-order valence-corrected chi connectivity index (χ1v) is 8.73. The van der Waals surface area contributed by atoms with E-state index in [0.29, 0.717) is 11.3 Å². The van der Waals surface area contributed by atoms with Gasteiger partial charge in [0.2, 0.25) is 5.91 Å². The molecule has 28 heavy (non-hydrogen) atoms. The van der Waals surface area contributed by atoms with Crippen LogP contribution in [0, 0.1) is 0 Å². The molecule has 2 aromatic rings. The average Bonchev–Trinajstić information content (AvgIpc) is 2.66. The Hall–Kier alpha value is -3.48. The minimum atomic E-state index is -0.607. The molecule has 0 fully saturated rings. The monoisotopic (exact) mass is 382 g/mol. The molecule has 0 aliphatic carbocycles. The zero-order chi connectivity index (χ0) is 20.5. The standard InChI is InChI=1S/C21H22N2O5/c1-14(24)16-8-10-18(11-9-16)23-20(26)13-28-21(27)12-19(22-15(2)25)17-6-4-3-5-7-17/h3-11,19H,12-13H2,1-2H3,(H,22,25)(H,23,26)/t19-/m0/s1. The maximum absolute atomic E-state index is 12.1. The second-order valence-corrected chi connectivity index (χ2v) is 6.21. The second kappa shape index (κ2) is 10.0. The van der Waals surface area contributed by atoms with Crippen molar-refractivity contribution in [1.82, 2.24) is 5.32 Å². The van der Waals surface area contributed by atoms with Gasteiger partial charge in [-0.3, -0.25) is 19.2 Å². The molecular weight excluding hydrogens is 360 g/mol. The zero-order valence-corrected chi connectivity index (χ0v) is 15.7. The molecule has 0 aliphatic heterocycles. The van der Waals surface area contributed by atoms with Gasteiger partial charge in [0.25, 0.3) is 5.91 Å². The highest BCUT2D eigenvalue weighted by molar-refractivity contribution is 5.96. The van der Waals surface area contributed by atoms with Crippen molar-refractivity contribution in [2.45, 2.75) is 26.3 Å². The molecule has 1 atom stereocenters. The van der Waals surface area contributed by atoms with E-state index in [4.69, 9.17) is 4.74 Å². The van der Waals surface area contributed by atoms with Crippen LogP contribution in [0.1, 0.15) is 42.2 Å². The highest BCUT2D eigenvalue weighted by atomic mass is 16.5. The lowest BCUT2D eigenvalue weighted by molar-refractivity contribution is -0.148. The first kappa shape index (κ1) is 20.8. The van der Waals surface area contributed by atoms with Crippen molar-refractivity contribution in [2.75, 3.05) is 11.9 Å². The van der Waals surface area contributed by atoms with Crippen LogP contribution in [0.5, 0.6) is 0 Å². The Morgan fingerprint density at radius 1 is 0.929 bits per heavy atom. The van der Waals surface area contributed by atoms with Crippen LogP contribution in [0.2, 0.25) is 0 Å². The molecule has 0 aromatic heterocycles. The fourth-order valence-electron chi connectivity index (χ4n) is 2.54. The molecule has 2 aromatic carbocycles. The molecular formula is C21H22N2O5. The molecule has 0 spiro atoms. The number of hydrogen-bond acceptors (Lipinski definition) is 5. The lowest BCUT2D eigenvalue weighted by Gasteiger charge is -2.17. The van der Waals surface area contributed by atoms with Gasteiger partial charge in [-0.05, 0) is 36.8 Å². The smallest absolute Gasteiger partial charge is 0.308 e. The van der Waals surface area contributed by atoms with E-state index in [2.05, 4.69) is 10.6 Å². The van der Waals surface area contributed by atoms with Gasteiger partial charge in [-0.2, -0.15) is 0 Å². The number of amides is 2. The zero-order valence-electron chi connectivity index (χ0n) is 15.7. The topological polar surface area (TPSA) is 102 Å².